The SMILES string of the molecule is CCOc1ccccc1CCC(=O)OCC(=O)N1CCN(c2ccc(C(C)=O)cc2F)CC1. The first-order valence-electron chi connectivity index (χ1n) is 11.1. The normalized spacial score (nSPS) is 13.5. The van der Waals surface area contributed by atoms with E-state index in [-0.39, 0.29) is 24.7 Å². The average Bonchev–Trinajstić information content (AvgIpc) is 2.82. The molecule has 1 fully saturated rings. The van der Waals surface area contributed by atoms with Gasteiger partial charge in [0.15, 0.2) is 12.4 Å². The summed E-state index contributed by atoms with van der Waals surface area (Å²) in [4.78, 5) is 39.4. The molecular formula is C25H29FN2O5. The summed E-state index contributed by atoms with van der Waals surface area (Å²) in [7, 11) is 0. The molecule has 1 heterocycles. The van der Waals surface area contributed by atoms with Crippen LogP contribution in [0.4, 0.5) is 10.1 Å². The van der Waals surface area contributed by atoms with Crippen molar-refractivity contribution in [2.45, 2.75) is 26.7 Å². The number of aryl methyl sites for hydroxylation is 1. The number of para-hydroxylation sites is 1. The summed E-state index contributed by atoms with van der Waals surface area (Å²) < 4.78 is 25.1. The maximum Gasteiger partial charge on any atom is 0.306 e. The van der Waals surface area contributed by atoms with Crippen molar-refractivity contribution in [3.63, 3.8) is 0 Å². The molecular weight excluding hydrogens is 427 g/mol. The number of halogens is 1. The van der Waals surface area contributed by atoms with Crippen LogP contribution >= 0.6 is 0 Å². The van der Waals surface area contributed by atoms with Crippen molar-refractivity contribution in [1.82, 2.24) is 4.90 Å². The van der Waals surface area contributed by atoms with Gasteiger partial charge in [-0.2, -0.15) is 0 Å². The number of nitrogens with zero attached hydrogens (tertiary/aromatic N) is 2. The van der Waals surface area contributed by atoms with E-state index in [9.17, 15) is 18.8 Å². The molecule has 1 aliphatic heterocycles. The number of Topliss-reactive ketones (excluding diaryl/α,β-unsaturated/α-hetero) is 1. The van der Waals surface area contributed by atoms with Crippen molar-refractivity contribution in [3.05, 3.63) is 59.4 Å². The molecule has 0 bridgehead atoms. The highest BCUT2D eigenvalue weighted by Gasteiger charge is 2.24. The molecule has 0 aliphatic carbocycles. The van der Waals surface area contributed by atoms with Gasteiger partial charge in [-0.1, -0.05) is 18.2 Å². The first-order valence-corrected chi connectivity index (χ1v) is 11.1. The predicted molar refractivity (Wildman–Crippen MR) is 122 cm³/mol. The van der Waals surface area contributed by atoms with Crippen LogP contribution in [-0.2, 0) is 20.7 Å². The van der Waals surface area contributed by atoms with Crippen LogP contribution in [0.5, 0.6) is 5.75 Å². The zero-order chi connectivity index (χ0) is 23.8. The summed E-state index contributed by atoms with van der Waals surface area (Å²) >= 11 is 0. The predicted octanol–water partition coefficient (Wildman–Crippen LogP) is 3.25. The molecule has 1 amide bonds. The van der Waals surface area contributed by atoms with Crippen molar-refractivity contribution >= 4 is 23.3 Å². The largest absolute Gasteiger partial charge is 0.494 e. The number of carbonyl (C=O) groups excluding carboxylic acids is 3. The average molecular weight is 457 g/mol. The third-order valence-electron chi connectivity index (χ3n) is 5.55. The van der Waals surface area contributed by atoms with Crippen LogP contribution in [0.15, 0.2) is 42.5 Å². The third kappa shape index (κ3) is 6.54. The Morgan fingerprint density at radius 1 is 1.03 bits per heavy atom. The first kappa shape index (κ1) is 24.2. The second kappa shape index (κ2) is 11.4. The Hall–Kier alpha value is -3.42. The summed E-state index contributed by atoms with van der Waals surface area (Å²) in [6, 6.07) is 12.0. The number of piperazine rings is 1. The Balaban J connectivity index is 1.43. The molecule has 0 saturated carbocycles. The maximum atomic E-state index is 14.4. The van der Waals surface area contributed by atoms with Gasteiger partial charge in [-0.05, 0) is 50.1 Å². The zero-order valence-electron chi connectivity index (χ0n) is 19.0. The number of anilines is 1. The first-order chi connectivity index (χ1) is 15.9. The molecule has 0 spiro atoms. The third-order valence-corrected chi connectivity index (χ3v) is 5.55. The van der Waals surface area contributed by atoms with Crippen molar-refractivity contribution in [3.8, 4) is 5.75 Å². The summed E-state index contributed by atoms with van der Waals surface area (Å²) in [6.45, 7) is 5.21. The fraction of sp³-hybridized carbons (Fsp3) is 0.400. The number of hydrogen-bond acceptors (Lipinski definition) is 6. The van der Waals surface area contributed by atoms with Crippen LogP contribution in [0.25, 0.3) is 0 Å². The molecule has 7 nitrogen and oxygen atoms in total. The molecule has 1 aliphatic rings. The quantitative estimate of drug-likeness (QED) is 0.426. The van der Waals surface area contributed by atoms with E-state index in [1.54, 1.807) is 17.0 Å². The highest BCUT2D eigenvalue weighted by Crippen LogP contribution is 2.23. The minimum atomic E-state index is -0.456. The second-order valence-electron chi connectivity index (χ2n) is 7.79. The molecule has 3 rings (SSSR count). The molecule has 176 valence electrons. The van der Waals surface area contributed by atoms with Gasteiger partial charge in [0.1, 0.15) is 11.6 Å². The smallest absolute Gasteiger partial charge is 0.306 e. The number of esters is 1. The van der Waals surface area contributed by atoms with Crippen molar-refractivity contribution in [2.75, 3.05) is 44.3 Å². The van der Waals surface area contributed by atoms with Crippen molar-refractivity contribution in [2.24, 2.45) is 0 Å². The minimum Gasteiger partial charge on any atom is -0.494 e. The fourth-order valence-corrected chi connectivity index (χ4v) is 3.73. The number of ketones is 1. The Kier molecular flexibility index (Phi) is 8.40. The van der Waals surface area contributed by atoms with Crippen LogP contribution in [0, 0.1) is 5.82 Å². The number of rotatable bonds is 9. The van der Waals surface area contributed by atoms with Gasteiger partial charge in [-0.25, -0.2) is 4.39 Å². The van der Waals surface area contributed by atoms with E-state index in [4.69, 9.17) is 9.47 Å². The van der Waals surface area contributed by atoms with E-state index in [0.29, 0.717) is 50.5 Å². The molecule has 0 unspecified atom stereocenters. The molecule has 33 heavy (non-hydrogen) atoms. The molecule has 0 N–H and O–H groups in total. The van der Waals surface area contributed by atoms with Crippen molar-refractivity contribution in [1.29, 1.82) is 0 Å². The summed E-state index contributed by atoms with van der Waals surface area (Å²) in [6.07, 6.45) is 0.622. The summed E-state index contributed by atoms with van der Waals surface area (Å²) in [5.74, 6) is -0.619. The van der Waals surface area contributed by atoms with Gasteiger partial charge in [0.25, 0.3) is 5.91 Å². The second-order valence-corrected chi connectivity index (χ2v) is 7.79. The number of carbonyl (C=O) groups is 3. The number of amides is 1. The zero-order valence-corrected chi connectivity index (χ0v) is 19.0. The van der Waals surface area contributed by atoms with Crippen LogP contribution in [-0.4, -0.2) is 62.0 Å². The van der Waals surface area contributed by atoms with E-state index in [2.05, 4.69) is 0 Å². The van der Waals surface area contributed by atoms with Gasteiger partial charge in [0.2, 0.25) is 0 Å². The van der Waals surface area contributed by atoms with Crippen molar-refractivity contribution < 1.29 is 28.2 Å². The van der Waals surface area contributed by atoms with Crippen LogP contribution in [0.2, 0.25) is 0 Å². The van der Waals surface area contributed by atoms with Gasteiger partial charge in [-0.15, -0.1) is 0 Å². The molecule has 0 radical (unpaired) electrons. The molecule has 8 heteroatoms. The monoisotopic (exact) mass is 456 g/mol. The minimum absolute atomic E-state index is 0.153. The molecule has 1 saturated heterocycles. The van der Waals surface area contributed by atoms with Gasteiger partial charge in [0, 0.05) is 38.2 Å². The highest BCUT2D eigenvalue weighted by atomic mass is 19.1. The Labute approximate surface area is 193 Å². The fourth-order valence-electron chi connectivity index (χ4n) is 3.73. The van der Waals surface area contributed by atoms with Gasteiger partial charge in [-0.3, -0.25) is 14.4 Å². The van der Waals surface area contributed by atoms with E-state index < -0.39 is 11.8 Å². The number of hydrogen-bond donors (Lipinski definition) is 0. The van der Waals surface area contributed by atoms with Gasteiger partial charge < -0.3 is 19.3 Å². The maximum absolute atomic E-state index is 14.4. The number of ether oxygens (including phenoxy) is 2. The summed E-state index contributed by atoms with van der Waals surface area (Å²) in [5.41, 5.74) is 1.65. The Bertz CT molecular complexity index is 1000. The molecule has 2 aromatic carbocycles. The van der Waals surface area contributed by atoms with Crippen LogP contribution in [0.3, 0.4) is 0 Å². The lowest BCUT2D eigenvalue weighted by molar-refractivity contribution is -0.152. The molecule has 0 atom stereocenters. The van der Waals surface area contributed by atoms with Gasteiger partial charge >= 0.3 is 5.97 Å². The van der Waals surface area contributed by atoms with E-state index >= 15 is 0 Å². The Morgan fingerprint density at radius 2 is 1.76 bits per heavy atom. The topological polar surface area (TPSA) is 76.2 Å². The lowest BCUT2D eigenvalue weighted by Crippen LogP contribution is -2.50. The standard InChI is InChI=1S/C25H29FN2O5/c1-3-32-23-7-5-4-6-19(23)9-11-25(31)33-17-24(30)28-14-12-27(13-15-28)22-10-8-20(18(2)29)16-21(22)26/h4-8,10,16H,3,9,11-15,17H2,1-2H3. The highest BCUT2D eigenvalue weighted by molar-refractivity contribution is 5.94. The molecule has 0 aromatic heterocycles. The van der Waals surface area contributed by atoms with E-state index in [0.717, 1.165) is 11.3 Å². The van der Waals surface area contributed by atoms with E-state index in [1.807, 2.05) is 36.1 Å². The van der Waals surface area contributed by atoms with Crippen LogP contribution in [0.1, 0.15) is 36.2 Å². The summed E-state index contributed by atoms with van der Waals surface area (Å²) in [5, 5.41) is 0. The Morgan fingerprint density at radius 3 is 2.42 bits per heavy atom. The van der Waals surface area contributed by atoms with Crippen LogP contribution < -0.4 is 9.64 Å². The molecule has 2 aromatic rings. The lowest BCUT2D eigenvalue weighted by atomic mass is 10.1. The number of benzene rings is 2. The lowest BCUT2D eigenvalue weighted by Gasteiger charge is -2.36. The van der Waals surface area contributed by atoms with E-state index in [1.165, 1.54) is 13.0 Å². The van der Waals surface area contributed by atoms with Gasteiger partial charge in [0.05, 0.1) is 12.3 Å².